The number of aromatic nitrogens is 1. The molecule has 0 saturated carbocycles. The summed E-state index contributed by atoms with van der Waals surface area (Å²) in [4.78, 5) is 19.1. The molecule has 5 rings (SSSR count). The predicted octanol–water partition coefficient (Wildman–Crippen LogP) is 3.80. The van der Waals surface area contributed by atoms with Gasteiger partial charge in [-0.3, -0.25) is 4.79 Å². The number of hydrogen-bond acceptors (Lipinski definition) is 6. The Morgan fingerprint density at radius 3 is 3.00 bits per heavy atom. The molecular weight excluding hydrogens is 438 g/mol. The molecule has 29 heavy (non-hydrogen) atoms. The average molecular weight is 453 g/mol. The van der Waals surface area contributed by atoms with Crippen LogP contribution >= 0.6 is 34.5 Å². The van der Waals surface area contributed by atoms with Gasteiger partial charge < -0.3 is 20.7 Å². The quantitative estimate of drug-likeness (QED) is 0.586. The Morgan fingerprint density at radius 1 is 1.34 bits per heavy atom. The molecule has 0 aliphatic carbocycles. The number of rotatable bonds is 1. The fourth-order valence-electron chi connectivity index (χ4n) is 3.85. The van der Waals surface area contributed by atoms with Gasteiger partial charge >= 0.3 is 0 Å². The third kappa shape index (κ3) is 2.93. The van der Waals surface area contributed by atoms with Crippen molar-refractivity contribution in [3.05, 3.63) is 39.6 Å². The van der Waals surface area contributed by atoms with Gasteiger partial charge in [0.15, 0.2) is 10.9 Å². The summed E-state index contributed by atoms with van der Waals surface area (Å²) < 4.78 is 20.5. The van der Waals surface area contributed by atoms with E-state index in [-0.39, 0.29) is 32.9 Å². The molecule has 6 nitrogen and oxygen atoms in total. The van der Waals surface area contributed by atoms with Gasteiger partial charge in [0.05, 0.1) is 31.9 Å². The van der Waals surface area contributed by atoms with Crippen LogP contribution in [0.4, 0.5) is 9.52 Å². The van der Waals surface area contributed by atoms with E-state index in [0.29, 0.717) is 46.6 Å². The zero-order chi connectivity index (χ0) is 20.3. The largest absolute Gasteiger partial charge is 0.489 e. The van der Waals surface area contributed by atoms with Crippen molar-refractivity contribution < 1.29 is 13.9 Å². The van der Waals surface area contributed by atoms with E-state index in [0.717, 1.165) is 17.9 Å². The topological polar surface area (TPSA) is 80.5 Å². The number of nitrogens with two attached hydrogens (primary N) is 1. The molecule has 2 aliphatic heterocycles. The van der Waals surface area contributed by atoms with Gasteiger partial charge in [0, 0.05) is 30.8 Å². The molecule has 1 saturated heterocycles. The number of halogens is 3. The van der Waals surface area contributed by atoms with E-state index >= 15 is 0 Å². The number of carbonyl (C=O) groups excluding carboxylic acids is 1. The number of anilines is 1. The van der Waals surface area contributed by atoms with Gasteiger partial charge in [-0.2, -0.15) is 0 Å². The zero-order valence-electron chi connectivity index (χ0n) is 15.0. The average Bonchev–Trinajstić information content (AvgIpc) is 3.04. The van der Waals surface area contributed by atoms with Gasteiger partial charge in [0.1, 0.15) is 12.4 Å². The monoisotopic (exact) mass is 452 g/mol. The Morgan fingerprint density at radius 2 is 2.17 bits per heavy atom. The van der Waals surface area contributed by atoms with E-state index in [1.54, 1.807) is 17.0 Å². The van der Waals surface area contributed by atoms with Crippen molar-refractivity contribution in [2.45, 2.75) is 6.04 Å². The minimum atomic E-state index is -0.421. The highest BCUT2D eigenvalue weighted by Gasteiger charge is 2.35. The number of nitrogen functional groups attached to an aromatic ring is 1. The fraction of sp³-hybridized carbons (Fsp3) is 0.263. The molecule has 1 fully saturated rings. The number of carbonyl (C=O) groups is 1. The molecule has 2 aliphatic rings. The van der Waals surface area contributed by atoms with Gasteiger partial charge in [-0.1, -0.05) is 34.5 Å². The lowest BCUT2D eigenvalue weighted by Crippen LogP contribution is -2.54. The van der Waals surface area contributed by atoms with Gasteiger partial charge in [0.25, 0.3) is 5.91 Å². The van der Waals surface area contributed by atoms with Crippen molar-refractivity contribution in [2.75, 3.05) is 32.0 Å². The SMILES string of the molecule is Nc1nc2c(-c3c(Cl)cc4c(c3Cl)OC[C@@H]3CNCCN3C4=O)ccc(F)c2s1. The Kier molecular flexibility index (Phi) is 4.54. The van der Waals surface area contributed by atoms with Crippen LogP contribution in [0.15, 0.2) is 18.2 Å². The Labute approximate surface area is 179 Å². The maximum Gasteiger partial charge on any atom is 0.258 e. The highest BCUT2D eigenvalue weighted by molar-refractivity contribution is 7.22. The first kappa shape index (κ1) is 18.9. The number of nitrogens with zero attached hydrogens (tertiary/aromatic N) is 2. The molecule has 0 unspecified atom stereocenters. The standard InChI is InChI=1S/C19H15Cl2FN4O2S/c20-11-5-10-16(28-7-8-6-24-3-4-26(8)18(10)27)14(21)13(11)9-1-2-12(22)17-15(9)25-19(23)29-17/h1-2,5,8,24H,3-4,6-7H2,(H2,23,25)/t8-/m0/s1. The van der Waals surface area contributed by atoms with E-state index in [4.69, 9.17) is 33.7 Å². The van der Waals surface area contributed by atoms with Crippen LogP contribution in [0.5, 0.6) is 5.75 Å². The molecule has 3 aromatic rings. The predicted molar refractivity (Wildman–Crippen MR) is 113 cm³/mol. The minimum absolute atomic E-state index is 0.0854. The van der Waals surface area contributed by atoms with Gasteiger partial charge in [-0.15, -0.1) is 0 Å². The second-order valence-electron chi connectivity index (χ2n) is 6.92. The van der Waals surface area contributed by atoms with Gasteiger partial charge in [-0.25, -0.2) is 9.37 Å². The molecule has 3 N–H and O–H groups in total. The van der Waals surface area contributed by atoms with Crippen LogP contribution in [0, 0.1) is 5.82 Å². The summed E-state index contributed by atoms with van der Waals surface area (Å²) in [6.07, 6.45) is 0. The second kappa shape index (κ2) is 6.98. The van der Waals surface area contributed by atoms with E-state index in [1.165, 1.54) is 6.07 Å². The molecule has 1 atom stereocenters. The zero-order valence-corrected chi connectivity index (χ0v) is 17.3. The molecule has 1 amide bonds. The van der Waals surface area contributed by atoms with Gasteiger partial charge in [0.2, 0.25) is 0 Å². The molecule has 1 aromatic heterocycles. The lowest BCUT2D eigenvalue weighted by Gasteiger charge is -2.33. The number of nitrogens with one attached hydrogen (secondary N) is 1. The van der Waals surface area contributed by atoms with E-state index in [9.17, 15) is 9.18 Å². The summed E-state index contributed by atoms with van der Waals surface area (Å²) in [5.41, 5.74) is 7.46. The van der Waals surface area contributed by atoms with Crippen molar-refractivity contribution in [1.82, 2.24) is 15.2 Å². The number of amides is 1. The lowest BCUT2D eigenvalue weighted by atomic mass is 10.0. The van der Waals surface area contributed by atoms with Crippen LogP contribution < -0.4 is 15.8 Å². The molecule has 2 aromatic carbocycles. The number of benzene rings is 2. The molecule has 150 valence electrons. The van der Waals surface area contributed by atoms with Crippen LogP contribution in [-0.2, 0) is 0 Å². The number of fused-ring (bicyclic) bond motifs is 3. The van der Waals surface area contributed by atoms with Crippen molar-refractivity contribution in [3.8, 4) is 16.9 Å². The second-order valence-corrected chi connectivity index (χ2v) is 8.73. The summed E-state index contributed by atoms with van der Waals surface area (Å²) in [5, 5.41) is 3.97. The smallest absolute Gasteiger partial charge is 0.258 e. The van der Waals surface area contributed by atoms with Crippen LogP contribution in [0.3, 0.4) is 0 Å². The number of piperazine rings is 1. The maximum absolute atomic E-state index is 14.2. The normalized spacial score (nSPS) is 18.9. The number of ether oxygens (including phenoxy) is 1. The number of hydrogen-bond donors (Lipinski definition) is 2. The minimum Gasteiger partial charge on any atom is -0.489 e. The summed E-state index contributed by atoms with van der Waals surface area (Å²) in [6, 6.07) is 4.36. The molecule has 0 bridgehead atoms. The molecule has 0 radical (unpaired) electrons. The maximum atomic E-state index is 14.2. The van der Waals surface area contributed by atoms with Crippen molar-refractivity contribution in [3.63, 3.8) is 0 Å². The summed E-state index contributed by atoms with van der Waals surface area (Å²) in [6.45, 7) is 2.26. The summed E-state index contributed by atoms with van der Waals surface area (Å²) in [5.74, 6) is -0.302. The Bertz CT molecular complexity index is 1170. The molecule has 3 heterocycles. The van der Waals surface area contributed by atoms with Crippen LogP contribution in [0.25, 0.3) is 21.3 Å². The highest BCUT2D eigenvalue weighted by Crippen LogP contribution is 2.47. The van der Waals surface area contributed by atoms with E-state index in [1.807, 2.05) is 0 Å². The molecular formula is C19H15Cl2FN4O2S. The summed E-state index contributed by atoms with van der Waals surface area (Å²) in [7, 11) is 0. The van der Waals surface area contributed by atoms with Crippen LogP contribution in [0.2, 0.25) is 10.0 Å². The highest BCUT2D eigenvalue weighted by atomic mass is 35.5. The van der Waals surface area contributed by atoms with E-state index in [2.05, 4.69) is 10.3 Å². The van der Waals surface area contributed by atoms with E-state index < -0.39 is 5.82 Å². The third-order valence-electron chi connectivity index (χ3n) is 5.22. The Balaban J connectivity index is 1.71. The van der Waals surface area contributed by atoms with Gasteiger partial charge in [-0.05, 0) is 18.2 Å². The first-order valence-electron chi connectivity index (χ1n) is 8.97. The van der Waals surface area contributed by atoms with Crippen LogP contribution in [-0.4, -0.2) is 48.1 Å². The lowest BCUT2D eigenvalue weighted by molar-refractivity contribution is 0.0606. The third-order valence-corrected chi connectivity index (χ3v) is 6.77. The summed E-state index contributed by atoms with van der Waals surface area (Å²) >= 11 is 14.3. The Hall–Kier alpha value is -2.13. The molecule has 0 spiro atoms. The first-order chi connectivity index (χ1) is 14.0. The first-order valence-corrected chi connectivity index (χ1v) is 10.5. The van der Waals surface area contributed by atoms with Crippen molar-refractivity contribution in [1.29, 1.82) is 0 Å². The fourth-order valence-corrected chi connectivity index (χ4v) is 5.33. The number of thiazole rings is 1. The van der Waals surface area contributed by atoms with Crippen molar-refractivity contribution >= 4 is 55.8 Å². The van der Waals surface area contributed by atoms with Crippen LogP contribution in [0.1, 0.15) is 10.4 Å². The molecule has 10 heteroatoms. The van der Waals surface area contributed by atoms with Crippen molar-refractivity contribution in [2.24, 2.45) is 0 Å².